The summed E-state index contributed by atoms with van der Waals surface area (Å²) < 4.78 is 1.60. The Labute approximate surface area is 108 Å². The van der Waals surface area contributed by atoms with E-state index in [-0.39, 0.29) is 16.7 Å². The summed E-state index contributed by atoms with van der Waals surface area (Å²) in [5.41, 5.74) is 0.568. The topological polar surface area (TPSA) is 59.3 Å². The first kappa shape index (κ1) is 12.6. The third-order valence-corrected chi connectivity index (χ3v) is 3.21. The standard InChI is InChI=1S/C13H12ClNO3/c1-3-15-10-6-8(14)4-5-9(10)12(16)7(2)11(15)13(17)18/h4-6H,3H2,1-2H3,(H,17,18). The lowest BCUT2D eigenvalue weighted by atomic mass is 10.1. The normalized spacial score (nSPS) is 10.8. The molecule has 1 heterocycles. The number of aromatic carboxylic acids is 1. The summed E-state index contributed by atoms with van der Waals surface area (Å²) in [5, 5.41) is 10.2. The van der Waals surface area contributed by atoms with Crippen LogP contribution >= 0.6 is 11.6 Å². The van der Waals surface area contributed by atoms with Gasteiger partial charge < -0.3 is 9.67 Å². The van der Waals surface area contributed by atoms with Crippen molar-refractivity contribution in [2.45, 2.75) is 20.4 Å². The second-order valence-corrected chi connectivity index (χ2v) is 4.45. The van der Waals surface area contributed by atoms with Gasteiger partial charge in [0.05, 0.1) is 5.52 Å². The minimum atomic E-state index is -1.10. The predicted molar refractivity (Wildman–Crippen MR) is 70.6 cm³/mol. The van der Waals surface area contributed by atoms with E-state index < -0.39 is 5.97 Å². The Morgan fingerprint density at radius 1 is 1.44 bits per heavy atom. The van der Waals surface area contributed by atoms with E-state index in [9.17, 15) is 14.7 Å². The number of hydrogen-bond donors (Lipinski definition) is 1. The van der Waals surface area contributed by atoms with Crippen molar-refractivity contribution >= 4 is 28.5 Å². The van der Waals surface area contributed by atoms with Crippen molar-refractivity contribution in [3.8, 4) is 0 Å². The monoisotopic (exact) mass is 265 g/mol. The average Bonchev–Trinajstić information content (AvgIpc) is 2.32. The molecular formula is C13H12ClNO3. The highest BCUT2D eigenvalue weighted by Crippen LogP contribution is 2.20. The molecular weight excluding hydrogens is 254 g/mol. The van der Waals surface area contributed by atoms with Gasteiger partial charge in [0.15, 0.2) is 5.43 Å². The fraction of sp³-hybridized carbons (Fsp3) is 0.231. The summed E-state index contributed by atoms with van der Waals surface area (Å²) in [6.07, 6.45) is 0. The summed E-state index contributed by atoms with van der Waals surface area (Å²) >= 11 is 5.91. The van der Waals surface area contributed by atoms with Crippen LogP contribution in [0.1, 0.15) is 23.0 Å². The van der Waals surface area contributed by atoms with Crippen molar-refractivity contribution in [3.05, 3.63) is 44.7 Å². The van der Waals surface area contributed by atoms with Gasteiger partial charge in [0.1, 0.15) is 5.69 Å². The molecule has 5 heteroatoms. The number of benzene rings is 1. The Bertz CT molecular complexity index is 703. The number of rotatable bonds is 2. The number of aromatic nitrogens is 1. The predicted octanol–water partition coefficient (Wildman–Crippen LogP) is 2.68. The van der Waals surface area contributed by atoms with E-state index in [1.54, 1.807) is 22.8 Å². The molecule has 18 heavy (non-hydrogen) atoms. The SMILES string of the molecule is CCn1c(C(=O)O)c(C)c(=O)c2ccc(Cl)cc21. The van der Waals surface area contributed by atoms with Gasteiger partial charge in [-0.15, -0.1) is 0 Å². The van der Waals surface area contributed by atoms with Crippen LogP contribution in [0.3, 0.4) is 0 Å². The summed E-state index contributed by atoms with van der Waals surface area (Å²) in [4.78, 5) is 23.4. The van der Waals surface area contributed by atoms with Crippen LogP contribution in [-0.2, 0) is 6.54 Å². The van der Waals surface area contributed by atoms with Crippen molar-refractivity contribution in [2.24, 2.45) is 0 Å². The van der Waals surface area contributed by atoms with Crippen LogP contribution in [0, 0.1) is 6.92 Å². The summed E-state index contributed by atoms with van der Waals surface area (Å²) in [5.74, 6) is -1.10. The molecule has 94 valence electrons. The number of carboxylic acid groups (broad SMARTS) is 1. The number of fused-ring (bicyclic) bond motifs is 1. The van der Waals surface area contributed by atoms with Gasteiger partial charge in [0, 0.05) is 22.5 Å². The van der Waals surface area contributed by atoms with Crippen LogP contribution in [0.5, 0.6) is 0 Å². The lowest BCUT2D eigenvalue weighted by molar-refractivity contribution is 0.0684. The Hall–Kier alpha value is -1.81. The molecule has 1 aromatic carbocycles. The Morgan fingerprint density at radius 2 is 2.11 bits per heavy atom. The average molecular weight is 266 g/mol. The van der Waals surface area contributed by atoms with Crippen molar-refractivity contribution in [3.63, 3.8) is 0 Å². The molecule has 0 unspecified atom stereocenters. The molecule has 1 N–H and O–H groups in total. The second kappa shape index (κ2) is 4.46. The maximum Gasteiger partial charge on any atom is 0.352 e. The summed E-state index contributed by atoms with van der Waals surface area (Å²) in [6, 6.07) is 4.88. The molecule has 2 rings (SSSR count). The molecule has 2 aromatic rings. The van der Waals surface area contributed by atoms with Gasteiger partial charge in [-0.1, -0.05) is 11.6 Å². The molecule has 0 spiro atoms. The van der Waals surface area contributed by atoms with Gasteiger partial charge in [0.25, 0.3) is 0 Å². The molecule has 0 fully saturated rings. The van der Waals surface area contributed by atoms with E-state index >= 15 is 0 Å². The van der Waals surface area contributed by atoms with Crippen molar-refractivity contribution < 1.29 is 9.90 Å². The number of hydrogen-bond acceptors (Lipinski definition) is 2. The molecule has 0 aliphatic rings. The number of aryl methyl sites for hydroxylation is 1. The maximum atomic E-state index is 12.1. The van der Waals surface area contributed by atoms with E-state index in [2.05, 4.69) is 0 Å². The van der Waals surface area contributed by atoms with Crippen LogP contribution in [-0.4, -0.2) is 15.6 Å². The number of carbonyl (C=O) groups is 1. The van der Waals surface area contributed by atoms with Crippen LogP contribution in [0.4, 0.5) is 0 Å². The lowest BCUT2D eigenvalue weighted by Crippen LogP contribution is -2.21. The number of pyridine rings is 1. The van der Waals surface area contributed by atoms with Gasteiger partial charge in [-0.3, -0.25) is 4.79 Å². The van der Waals surface area contributed by atoms with E-state index in [1.165, 1.54) is 6.92 Å². The quantitative estimate of drug-likeness (QED) is 0.908. The first-order chi connectivity index (χ1) is 8.47. The fourth-order valence-corrected chi connectivity index (χ4v) is 2.32. The molecule has 0 aliphatic carbocycles. The minimum absolute atomic E-state index is 0.0252. The lowest BCUT2D eigenvalue weighted by Gasteiger charge is -2.15. The molecule has 1 aromatic heterocycles. The Balaban J connectivity index is 3.07. The highest BCUT2D eigenvalue weighted by Gasteiger charge is 2.18. The van der Waals surface area contributed by atoms with Gasteiger partial charge in [-0.2, -0.15) is 0 Å². The zero-order valence-corrected chi connectivity index (χ0v) is 10.8. The molecule has 4 nitrogen and oxygen atoms in total. The molecule has 0 aliphatic heterocycles. The third kappa shape index (κ3) is 1.78. The number of nitrogens with zero attached hydrogens (tertiary/aromatic N) is 1. The maximum absolute atomic E-state index is 12.1. The van der Waals surface area contributed by atoms with Crippen LogP contribution in [0.25, 0.3) is 10.9 Å². The van der Waals surface area contributed by atoms with Crippen LogP contribution < -0.4 is 5.43 Å². The molecule has 0 saturated carbocycles. The van der Waals surface area contributed by atoms with Crippen LogP contribution in [0.15, 0.2) is 23.0 Å². The van der Waals surface area contributed by atoms with E-state index in [0.717, 1.165) is 0 Å². The van der Waals surface area contributed by atoms with E-state index in [4.69, 9.17) is 11.6 Å². The first-order valence-electron chi connectivity index (χ1n) is 5.53. The largest absolute Gasteiger partial charge is 0.477 e. The molecule has 0 atom stereocenters. The van der Waals surface area contributed by atoms with Gasteiger partial charge in [-0.05, 0) is 32.0 Å². The molecule has 0 bridgehead atoms. The van der Waals surface area contributed by atoms with Crippen molar-refractivity contribution in [2.75, 3.05) is 0 Å². The Kier molecular flexibility index (Phi) is 3.13. The van der Waals surface area contributed by atoms with E-state index in [1.807, 2.05) is 6.92 Å². The summed E-state index contributed by atoms with van der Waals surface area (Å²) in [7, 11) is 0. The van der Waals surface area contributed by atoms with Gasteiger partial charge in [-0.25, -0.2) is 4.79 Å². The second-order valence-electron chi connectivity index (χ2n) is 4.01. The number of carboxylic acids is 1. The highest BCUT2D eigenvalue weighted by atomic mass is 35.5. The zero-order chi connectivity index (χ0) is 13.4. The van der Waals surface area contributed by atoms with Gasteiger partial charge >= 0.3 is 5.97 Å². The first-order valence-corrected chi connectivity index (χ1v) is 5.91. The van der Waals surface area contributed by atoms with E-state index in [0.29, 0.717) is 22.5 Å². The molecule has 0 radical (unpaired) electrons. The minimum Gasteiger partial charge on any atom is -0.477 e. The van der Waals surface area contributed by atoms with Crippen molar-refractivity contribution in [1.29, 1.82) is 0 Å². The summed E-state index contributed by atoms with van der Waals surface area (Å²) in [6.45, 7) is 3.82. The third-order valence-electron chi connectivity index (χ3n) is 2.98. The van der Waals surface area contributed by atoms with Crippen molar-refractivity contribution in [1.82, 2.24) is 4.57 Å². The fourth-order valence-electron chi connectivity index (χ4n) is 2.16. The number of halogens is 1. The molecule has 0 amide bonds. The van der Waals surface area contributed by atoms with Crippen LogP contribution in [0.2, 0.25) is 5.02 Å². The molecule has 0 saturated heterocycles. The Morgan fingerprint density at radius 3 is 2.67 bits per heavy atom. The smallest absolute Gasteiger partial charge is 0.352 e. The van der Waals surface area contributed by atoms with Gasteiger partial charge in [0.2, 0.25) is 0 Å². The zero-order valence-electron chi connectivity index (χ0n) is 10.0. The highest BCUT2D eigenvalue weighted by molar-refractivity contribution is 6.31.